The molecule has 1 saturated heterocycles. The van der Waals surface area contributed by atoms with E-state index in [1.54, 1.807) is 11.8 Å². The predicted molar refractivity (Wildman–Crippen MR) is 73.0 cm³/mol. The van der Waals surface area contributed by atoms with Crippen molar-refractivity contribution in [1.29, 1.82) is 0 Å². The Morgan fingerprint density at radius 2 is 2.32 bits per heavy atom. The molecule has 2 atom stereocenters. The van der Waals surface area contributed by atoms with Gasteiger partial charge in [0.2, 0.25) is 0 Å². The van der Waals surface area contributed by atoms with Crippen LogP contribution in [0.4, 0.5) is 0 Å². The molecule has 1 N–H and O–H groups in total. The number of benzene rings is 1. The van der Waals surface area contributed by atoms with Gasteiger partial charge in [-0.15, -0.1) is 0 Å². The summed E-state index contributed by atoms with van der Waals surface area (Å²) >= 11 is 0. The molecule has 1 aromatic carbocycles. The standard InChI is InChI=1S/C15H21NO3/c1-11-5-4-6-13(7-11)19-9-14(17)16-8-12(2)15(3,18)10-16/h4-7,12,18H,8-10H2,1-3H3/t12-,15+/m1/s1. The van der Waals surface area contributed by atoms with Gasteiger partial charge in [0, 0.05) is 19.0 Å². The summed E-state index contributed by atoms with van der Waals surface area (Å²) in [5.74, 6) is 0.717. The Labute approximate surface area is 114 Å². The molecule has 19 heavy (non-hydrogen) atoms. The topological polar surface area (TPSA) is 49.8 Å². The van der Waals surface area contributed by atoms with E-state index in [0.717, 1.165) is 5.56 Å². The van der Waals surface area contributed by atoms with Crippen molar-refractivity contribution in [3.63, 3.8) is 0 Å². The van der Waals surface area contributed by atoms with E-state index in [0.29, 0.717) is 18.8 Å². The van der Waals surface area contributed by atoms with Gasteiger partial charge in [0.25, 0.3) is 5.91 Å². The maximum absolute atomic E-state index is 12.0. The second-order valence-electron chi connectivity index (χ2n) is 5.64. The third-order valence-electron chi connectivity index (χ3n) is 3.77. The first-order valence-corrected chi connectivity index (χ1v) is 6.58. The number of ether oxygens (including phenoxy) is 1. The van der Waals surface area contributed by atoms with Crippen molar-refractivity contribution >= 4 is 5.91 Å². The molecule has 1 aliphatic rings. The molecule has 4 heteroatoms. The van der Waals surface area contributed by atoms with Crippen molar-refractivity contribution in [2.45, 2.75) is 26.4 Å². The van der Waals surface area contributed by atoms with Gasteiger partial charge in [-0.1, -0.05) is 19.1 Å². The average Bonchev–Trinajstić information content (AvgIpc) is 2.61. The van der Waals surface area contributed by atoms with E-state index in [1.165, 1.54) is 0 Å². The van der Waals surface area contributed by atoms with Crippen molar-refractivity contribution < 1.29 is 14.6 Å². The number of hydrogen-bond donors (Lipinski definition) is 1. The van der Waals surface area contributed by atoms with Gasteiger partial charge < -0.3 is 14.7 Å². The molecular formula is C15H21NO3. The van der Waals surface area contributed by atoms with Crippen molar-refractivity contribution in [2.24, 2.45) is 5.92 Å². The van der Waals surface area contributed by atoms with Gasteiger partial charge in [0.15, 0.2) is 6.61 Å². The summed E-state index contributed by atoms with van der Waals surface area (Å²) < 4.78 is 5.49. The first-order chi connectivity index (χ1) is 8.88. The maximum atomic E-state index is 12.0. The van der Waals surface area contributed by atoms with Gasteiger partial charge in [0.05, 0.1) is 5.60 Å². The van der Waals surface area contributed by atoms with E-state index in [4.69, 9.17) is 4.74 Å². The molecule has 1 amide bonds. The lowest BCUT2D eigenvalue weighted by atomic mass is 9.95. The monoisotopic (exact) mass is 263 g/mol. The van der Waals surface area contributed by atoms with Crippen LogP contribution in [0.15, 0.2) is 24.3 Å². The van der Waals surface area contributed by atoms with Crippen molar-refractivity contribution in [2.75, 3.05) is 19.7 Å². The van der Waals surface area contributed by atoms with Crippen LogP contribution in [-0.2, 0) is 4.79 Å². The van der Waals surface area contributed by atoms with E-state index in [2.05, 4.69) is 0 Å². The van der Waals surface area contributed by atoms with Crippen LogP contribution >= 0.6 is 0 Å². The number of aryl methyl sites for hydroxylation is 1. The number of aliphatic hydroxyl groups is 1. The van der Waals surface area contributed by atoms with E-state index >= 15 is 0 Å². The minimum Gasteiger partial charge on any atom is -0.484 e. The lowest BCUT2D eigenvalue weighted by Gasteiger charge is -2.20. The summed E-state index contributed by atoms with van der Waals surface area (Å²) in [6.45, 7) is 6.69. The Morgan fingerprint density at radius 1 is 1.58 bits per heavy atom. The molecule has 0 aromatic heterocycles. The van der Waals surface area contributed by atoms with Crippen LogP contribution in [-0.4, -0.2) is 41.2 Å². The molecule has 104 valence electrons. The van der Waals surface area contributed by atoms with Crippen LogP contribution in [0.5, 0.6) is 5.75 Å². The molecule has 1 aromatic rings. The lowest BCUT2D eigenvalue weighted by molar-refractivity contribution is -0.133. The zero-order valence-electron chi connectivity index (χ0n) is 11.7. The van der Waals surface area contributed by atoms with Crippen LogP contribution in [0, 0.1) is 12.8 Å². The number of nitrogens with zero attached hydrogens (tertiary/aromatic N) is 1. The smallest absolute Gasteiger partial charge is 0.260 e. The first kappa shape index (κ1) is 13.9. The van der Waals surface area contributed by atoms with Crippen molar-refractivity contribution in [3.8, 4) is 5.75 Å². The highest BCUT2D eigenvalue weighted by atomic mass is 16.5. The third kappa shape index (κ3) is 3.26. The Hall–Kier alpha value is -1.55. The highest BCUT2D eigenvalue weighted by Gasteiger charge is 2.40. The number of carbonyl (C=O) groups excluding carboxylic acids is 1. The quantitative estimate of drug-likeness (QED) is 0.901. The van der Waals surface area contributed by atoms with Crippen LogP contribution in [0.3, 0.4) is 0 Å². The molecule has 1 fully saturated rings. The summed E-state index contributed by atoms with van der Waals surface area (Å²) in [5, 5.41) is 10.1. The van der Waals surface area contributed by atoms with Crippen molar-refractivity contribution in [3.05, 3.63) is 29.8 Å². The molecule has 0 unspecified atom stereocenters. The Bertz CT molecular complexity index is 470. The van der Waals surface area contributed by atoms with Crippen molar-refractivity contribution in [1.82, 2.24) is 4.90 Å². The fourth-order valence-corrected chi connectivity index (χ4v) is 2.27. The van der Waals surface area contributed by atoms with Crippen LogP contribution in [0.1, 0.15) is 19.4 Å². The minimum absolute atomic E-state index is 0.0201. The number of hydrogen-bond acceptors (Lipinski definition) is 3. The van der Waals surface area contributed by atoms with Gasteiger partial charge in [-0.05, 0) is 31.5 Å². The highest BCUT2D eigenvalue weighted by molar-refractivity contribution is 5.78. The average molecular weight is 263 g/mol. The summed E-state index contributed by atoms with van der Waals surface area (Å²) in [6, 6.07) is 7.62. The van der Waals surface area contributed by atoms with Gasteiger partial charge in [-0.25, -0.2) is 0 Å². The fourth-order valence-electron chi connectivity index (χ4n) is 2.27. The fraction of sp³-hybridized carbons (Fsp3) is 0.533. The molecule has 0 saturated carbocycles. The van der Waals surface area contributed by atoms with E-state index in [1.807, 2.05) is 38.1 Å². The molecule has 0 aliphatic carbocycles. The number of β-amino-alcohol motifs (C(OH)–C–C–N with tert-alkyl or cyclic N) is 1. The normalized spacial score (nSPS) is 26.5. The van der Waals surface area contributed by atoms with Gasteiger partial charge in [-0.2, -0.15) is 0 Å². The number of carbonyl (C=O) groups is 1. The van der Waals surface area contributed by atoms with Gasteiger partial charge in [0.1, 0.15) is 5.75 Å². The largest absolute Gasteiger partial charge is 0.484 e. The molecule has 0 radical (unpaired) electrons. The number of likely N-dealkylation sites (tertiary alicyclic amines) is 1. The molecule has 2 rings (SSSR count). The predicted octanol–water partition coefficient (Wildman–Crippen LogP) is 1.60. The SMILES string of the molecule is Cc1cccc(OCC(=O)N2C[C@@H](C)[C@@](C)(O)C2)c1. The second kappa shape index (κ2) is 5.21. The Morgan fingerprint density at radius 3 is 2.89 bits per heavy atom. The molecule has 0 spiro atoms. The van der Waals surface area contributed by atoms with Crippen LogP contribution < -0.4 is 4.74 Å². The van der Waals surface area contributed by atoms with Gasteiger partial charge in [-0.3, -0.25) is 4.79 Å². The minimum atomic E-state index is -0.793. The molecule has 0 bridgehead atoms. The zero-order chi connectivity index (χ0) is 14.0. The lowest BCUT2D eigenvalue weighted by Crippen LogP contribution is -2.37. The highest BCUT2D eigenvalue weighted by Crippen LogP contribution is 2.26. The number of amides is 1. The summed E-state index contributed by atoms with van der Waals surface area (Å²) in [4.78, 5) is 13.7. The molecule has 1 heterocycles. The van der Waals surface area contributed by atoms with Gasteiger partial charge >= 0.3 is 0 Å². The zero-order valence-corrected chi connectivity index (χ0v) is 11.7. The molecular weight excluding hydrogens is 242 g/mol. The molecule has 1 aliphatic heterocycles. The Kier molecular flexibility index (Phi) is 3.80. The van der Waals surface area contributed by atoms with Crippen LogP contribution in [0.25, 0.3) is 0 Å². The van der Waals surface area contributed by atoms with E-state index in [9.17, 15) is 9.90 Å². The van der Waals surface area contributed by atoms with E-state index in [-0.39, 0.29) is 18.4 Å². The summed E-state index contributed by atoms with van der Waals surface area (Å²) in [6.07, 6.45) is 0. The maximum Gasteiger partial charge on any atom is 0.260 e. The van der Waals surface area contributed by atoms with Crippen LogP contribution in [0.2, 0.25) is 0 Å². The summed E-state index contributed by atoms with van der Waals surface area (Å²) in [7, 11) is 0. The number of rotatable bonds is 3. The second-order valence-corrected chi connectivity index (χ2v) is 5.64. The first-order valence-electron chi connectivity index (χ1n) is 6.58. The summed E-state index contributed by atoms with van der Waals surface area (Å²) in [5.41, 5.74) is 0.307. The molecule has 4 nitrogen and oxygen atoms in total. The third-order valence-corrected chi connectivity index (χ3v) is 3.77. The Balaban J connectivity index is 1.89. The van der Waals surface area contributed by atoms with E-state index < -0.39 is 5.60 Å².